The molecule has 6 heterocycles. The highest BCUT2D eigenvalue weighted by molar-refractivity contribution is 6.23. The highest BCUT2D eigenvalue weighted by Gasteiger charge is 2.47. The van der Waals surface area contributed by atoms with Crippen molar-refractivity contribution in [2.75, 3.05) is 55.6 Å². The molecule has 5 aliphatic rings. The summed E-state index contributed by atoms with van der Waals surface area (Å²) in [7, 11) is 0. The van der Waals surface area contributed by atoms with Crippen LogP contribution < -0.4 is 20.9 Å². The number of benzene rings is 1. The largest absolute Gasteiger partial charge is 0.370 e. The van der Waals surface area contributed by atoms with E-state index < -0.39 is 29.7 Å². The predicted molar refractivity (Wildman–Crippen MR) is 157 cm³/mol. The Kier molecular flexibility index (Phi) is 7.03. The number of aromatic nitrogens is 3. The molecule has 1 atom stereocenters. The van der Waals surface area contributed by atoms with Gasteiger partial charge in [0.05, 0.1) is 17.3 Å². The van der Waals surface area contributed by atoms with Gasteiger partial charge < -0.3 is 20.4 Å². The number of nitrogens with two attached hydrogens (primary N) is 1. The smallest absolute Gasteiger partial charge is 0.288 e. The SMILES string of the molecule is NC(=O)c1ncc(N2CCC(CN3CCC4(CC3)CN(c3ccc5c(c3)C(=O)N(C3CCC(=O)NC3=O)C5=O)C4)CC2)nn1. The molecule has 14 heteroatoms. The van der Waals surface area contributed by atoms with E-state index >= 15 is 0 Å². The van der Waals surface area contributed by atoms with Gasteiger partial charge in [-0.25, -0.2) is 4.98 Å². The van der Waals surface area contributed by atoms with Crippen LogP contribution in [0.1, 0.15) is 69.9 Å². The first-order valence-electron chi connectivity index (χ1n) is 15.3. The van der Waals surface area contributed by atoms with Crippen molar-refractivity contribution in [3.63, 3.8) is 0 Å². The number of hydrogen-bond acceptors (Lipinski definition) is 11. The molecule has 7 rings (SSSR count). The number of carbonyl (C=O) groups is 5. The number of nitrogens with zero attached hydrogens (tertiary/aromatic N) is 7. The van der Waals surface area contributed by atoms with Gasteiger partial charge in [0.1, 0.15) is 6.04 Å². The normalized spacial score (nSPS) is 24.0. The van der Waals surface area contributed by atoms with Gasteiger partial charge in [-0.15, -0.1) is 10.2 Å². The first-order chi connectivity index (χ1) is 21.2. The Morgan fingerprint density at radius 3 is 2.32 bits per heavy atom. The van der Waals surface area contributed by atoms with Crippen LogP contribution in [0.25, 0.3) is 0 Å². The first kappa shape index (κ1) is 28.3. The van der Waals surface area contributed by atoms with E-state index in [0.717, 1.165) is 82.1 Å². The molecular weight excluding hydrogens is 566 g/mol. The van der Waals surface area contributed by atoms with E-state index in [9.17, 15) is 24.0 Å². The Morgan fingerprint density at radius 1 is 0.932 bits per heavy atom. The number of primary amides is 1. The fourth-order valence-corrected chi connectivity index (χ4v) is 7.36. The van der Waals surface area contributed by atoms with Crippen LogP contribution in [-0.4, -0.2) is 106 Å². The van der Waals surface area contributed by atoms with E-state index in [2.05, 4.69) is 35.2 Å². The van der Waals surface area contributed by atoms with Crippen molar-refractivity contribution in [2.24, 2.45) is 17.1 Å². The third-order valence-electron chi connectivity index (χ3n) is 9.98. The Hall–Kier alpha value is -4.46. The van der Waals surface area contributed by atoms with Crippen molar-refractivity contribution in [1.82, 2.24) is 30.3 Å². The molecule has 14 nitrogen and oxygen atoms in total. The first-order valence-corrected chi connectivity index (χ1v) is 15.3. The number of likely N-dealkylation sites (tertiary alicyclic amines) is 1. The summed E-state index contributed by atoms with van der Waals surface area (Å²) in [4.78, 5) is 73.4. The molecule has 0 aliphatic carbocycles. The summed E-state index contributed by atoms with van der Waals surface area (Å²) in [5.74, 6) is -1.39. The van der Waals surface area contributed by atoms with Crippen molar-refractivity contribution in [1.29, 1.82) is 0 Å². The van der Waals surface area contributed by atoms with Crippen LogP contribution in [0.5, 0.6) is 0 Å². The summed E-state index contributed by atoms with van der Waals surface area (Å²) in [5, 5.41) is 10.2. The van der Waals surface area contributed by atoms with Gasteiger partial charge in [-0.2, -0.15) is 0 Å². The van der Waals surface area contributed by atoms with Crippen molar-refractivity contribution in [3.8, 4) is 0 Å². The lowest BCUT2D eigenvalue weighted by atomic mass is 9.71. The van der Waals surface area contributed by atoms with E-state index in [1.165, 1.54) is 0 Å². The second kappa shape index (κ2) is 10.9. The number of piperidine rings is 3. The lowest BCUT2D eigenvalue weighted by molar-refractivity contribution is -0.136. The highest BCUT2D eigenvalue weighted by atomic mass is 16.2. The average Bonchev–Trinajstić information content (AvgIpc) is 3.25. The monoisotopic (exact) mass is 601 g/mol. The summed E-state index contributed by atoms with van der Waals surface area (Å²) in [5.41, 5.74) is 7.02. The third-order valence-corrected chi connectivity index (χ3v) is 9.98. The van der Waals surface area contributed by atoms with Crippen molar-refractivity contribution < 1.29 is 24.0 Å². The second-order valence-corrected chi connectivity index (χ2v) is 12.8. The van der Waals surface area contributed by atoms with E-state index in [-0.39, 0.29) is 30.0 Å². The number of fused-ring (bicyclic) bond motifs is 1. The molecular formula is C30H35N9O5. The molecule has 1 aromatic heterocycles. The lowest BCUT2D eigenvalue weighted by Gasteiger charge is -2.55. The van der Waals surface area contributed by atoms with Crippen molar-refractivity contribution in [2.45, 2.75) is 44.6 Å². The Bertz CT molecular complexity index is 1520. The predicted octanol–water partition coefficient (Wildman–Crippen LogP) is 0.191. The summed E-state index contributed by atoms with van der Waals surface area (Å²) in [6.45, 7) is 6.81. The molecule has 3 N–H and O–H groups in total. The van der Waals surface area contributed by atoms with Gasteiger partial charge in [0.15, 0.2) is 5.82 Å². The van der Waals surface area contributed by atoms with Crippen molar-refractivity contribution >= 4 is 41.0 Å². The second-order valence-electron chi connectivity index (χ2n) is 12.8. The molecule has 4 saturated heterocycles. The van der Waals surface area contributed by atoms with Crippen LogP contribution in [0, 0.1) is 11.3 Å². The molecule has 5 amide bonds. The molecule has 0 bridgehead atoms. The lowest BCUT2D eigenvalue weighted by Crippen LogP contribution is -2.60. The van der Waals surface area contributed by atoms with Gasteiger partial charge in [0, 0.05) is 50.2 Å². The fraction of sp³-hybridized carbons (Fsp3) is 0.533. The van der Waals surface area contributed by atoms with Gasteiger partial charge in [0.2, 0.25) is 17.6 Å². The zero-order valence-corrected chi connectivity index (χ0v) is 24.4. The summed E-state index contributed by atoms with van der Waals surface area (Å²) in [6.07, 6.45) is 6.20. The molecule has 0 saturated carbocycles. The van der Waals surface area contributed by atoms with Crippen LogP contribution in [0.15, 0.2) is 24.4 Å². The topological polar surface area (TPSA) is 175 Å². The quantitative estimate of drug-likeness (QED) is 0.433. The minimum Gasteiger partial charge on any atom is -0.370 e. The maximum absolute atomic E-state index is 13.2. The summed E-state index contributed by atoms with van der Waals surface area (Å²) >= 11 is 0. The maximum atomic E-state index is 13.2. The number of amides is 5. The number of imide groups is 2. The van der Waals surface area contributed by atoms with Gasteiger partial charge in [-0.1, -0.05) is 0 Å². The number of rotatable bonds is 6. The van der Waals surface area contributed by atoms with Crippen molar-refractivity contribution in [3.05, 3.63) is 41.3 Å². The van der Waals surface area contributed by atoms with Gasteiger partial charge in [0.25, 0.3) is 17.7 Å². The molecule has 5 aliphatic heterocycles. The van der Waals surface area contributed by atoms with Crippen LogP contribution in [0.2, 0.25) is 0 Å². The maximum Gasteiger partial charge on any atom is 0.288 e. The number of anilines is 2. The third kappa shape index (κ3) is 5.06. The molecule has 2 aromatic rings. The van der Waals surface area contributed by atoms with Gasteiger partial charge in [-0.3, -0.25) is 34.2 Å². The Balaban J connectivity index is 0.891. The zero-order chi connectivity index (χ0) is 30.6. The highest BCUT2D eigenvalue weighted by Crippen LogP contribution is 2.44. The molecule has 1 aromatic carbocycles. The number of carbonyl (C=O) groups excluding carboxylic acids is 5. The van der Waals surface area contributed by atoms with Gasteiger partial charge >= 0.3 is 0 Å². The van der Waals surface area contributed by atoms with E-state index in [1.807, 2.05) is 6.07 Å². The van der Waals surface area contributed by atoms with E-state index in [4.69, 9.17) is 5.73 Å². The summed E-state index contributed by atoms with van der Waals surface area (Å²) < 4.78 is 0. The molecule has 1 unspecified atom stereocenters. The fourth-order valence-electron chi connectivity index (χ4n) is 7.36. The average molecular weight is 602 g/mol. The molecule has 230 valence electrons. The van der Waals surface area contributed by atoms with E-state index in [1.54, 1.807) is 18.3 Å². The van der Waals surface area contributed by atoms with Crippen LogP contribution >= 0.6 is 0 Å². The number of nitrogens with one attached hydrogen (secondary N) is 1. The zero-order valence-electron chi connectivity index (χ0n) is 24.4. The van der Waals surface area contributed by atoms with Crippen LogP contribution in [-0.2, 0) is 9.59 Å². The van der Waals surface area contributed by atoms with Gasteiger partial charge in [-0.05, 0) is 69.3 Å². The Morgan fingerprint density at radius 2 is 1.66 bits per heavy atom. The van der Waals surface area contributed by atoms with Crippen LogP contribution in [0.3, 0.4) is 0 Å². The molecule has 44 heavy (non-hydrogen) atoms. The minimum absolute atomic E-state index is 0.0710. The van der Waals surface area contributed by atoms with Crippen LogP contribution in [0.4, 0.5) is 11.5 Å². The Labute approximate surface area is 253 Å². The minimum atomic E-state index is -0.956. The number of hydrogen-bond donors (Lipinski definition) is 2. The van der Waals surface area contributed by atoms with E-state index in [0.29, 0.717) is 22.9 Å². The molecule has 4 fully saturated rings. The summed E-state index contributed by atoms with van der Waals surface area (Å²) in [6, 6.07) is 4.40. The standard InChI is InChI=1S/C30H35N9O5/c31-25(41)26-32-14-23(34-35-26)37-9-5-18(6-10-37)15-36-11-7-30(8-12-36)16-38(17-30)19-1-2-20-21(13-19)29(44)39(28(20)43)22-3-4-24(40)33-27(22)42/h1-2,13-14,18,22H,3-12,15-17H2,(H2,31,41)(H,33,40,42). The molecule has 0 radical (unpaired) electrons. The molecule has 1 spiro atoms.